The van der Waals surface area contributed by atoms with Crippen molar-refractivity contribution >= 4 is 17.8 Å². The van der Waals surface area contributed by atoms with E-state index in [0.29, 0.717) is 55.3 Å². The summed E-state index contributed by atoms with van der Waals surface area (Å²) in [5, 5.41) is 0. The number of nitrogens with zero attached hydrogens (tertiary/aromatic N) is 5. The van der Waals surface area contributed by atoms with E-state index in [1.807, 2.05) is 0 Å². The van der Waals surface area contributed by atoms with Crippen LogP contribution in [-0.2, 0) is 23.4 Å². The van der Waals surface area contributed by atoms with E-state index < -0.39 is 11.6 Å². The molecule has 2 N–H and O–H groups in total. The van der Waals surface area contributed by atoms with Crippen LogP contribution in [0, 0.1) is 11.7 Å². The number of guanidine groups is 1. The molecule has 4 heterocycles. The number of ether oxygens (including phenoxy) is 1. The number of aromatic nitrogens is 2. The molecule has 1 aromatic heterocycles. The molecule has 7 rings (SSSR count). The number of amides is 2. The summed E-state index contributed by atoms with van der Waals surface area (Å²) in [4.78, 5) is 44.3. The van der Waals surface area contributed by atoms with Gasteiger partial charge in [0.05, 0.1) is 24.9 Å². The number of halogens is 1. The fraction of sp³-hybridized carbons (Fsp3) is 0.367. The Hall–Kier alpha value is -4.34. The molecule has 1 fully saturated rings. The zero-order chi connectivity index (χ0) is 27.4. The zero-order valence-corrected chi connectivity index (χ0v) is 21.9. The molecular formula is C30H29FN6O3. The van der Waals surface area contributed by atoms with E-state index in [-0.39, 0.29) is 23.6 Å². The van der Waals surface area contributed by atoms with Crippen LogP contribution in [0.15, 0.2) is 60.0 Å². The average Bonchev–Trinajstić information content (AvgIpc) is 3.64. The maximum Gasteiger partial charge on any atom is 0.262 e. The Morgan fingerprint density at radius 3 is 2.73 bits per heavy atom. The van der Waals surface area contributed by atoms with Gasteiger partial charge in [0, 0.05) is 35.9 Å². The Balaban J connectivity index is 1.21. The third-order valence-electron chi connectivity index (χ3n) is 8.50. The largest absolute Gasteiger partial charge is 0.493 e. The van der Waals surface area contributed by atoms with E-state index in [1.165, 1.54) is 18.5 Å². The molecule has 2 amide bonds. The van der Waals surface area contributed by atoms with Crippen molar-refractivity contribution in [1.82, 2.24) is 19.8 Å². The number of benzene rings is 2. The van der Waals surface area contributed by atoms with Crippen molar-refractivity contribution in [2.45, 2.75) is 56.8 Å². The van der Waals surface area contributed by atoms with Crippen molar-refractivity contribution in [1.29, 1.82) is 0 Å². The number of hydrogen-bond acceptors (Lipinski definition) is 7. The zero-order valence-electron chi connectivity index (χ0n) is 21.9. The number of carbonyl (C=O) groups is 2. The molecular weight excluding hydrogens is 511 g/mol. The molecule has 0 spiro atoms. The lowest BCUT2D eigenvalue weighted by Gasteiger charge is -2.35. The maximum atomic E-state index is 14.3. The Morgan fingerprint density at radius 2 is 1.95 bits per heavy atom. The molecule has 0 saturated heterocycles. The van der Waals surface area contributed by atoms with Gasteiger partial charge < -0.3 is 15.4 Å². The number of nitrogens with two attached hydrogens (primary N) is 1. The number of aliphatic imine (C=N–C) groups is 1. The van der Waals surface area contributed by atoms with Crippen LogP contribution in [-0.4, -0.2) is 44.1 Å². The molecule has 0 radical (unpaired) electrons. The predicted molar refractivity (Wildman–Crippen MR) is 143 cm³/mol. The fourth-order valence-corrected chi connectivity index (χ4v) is 6.15. The maximum absolute atomic E-state index is 14.3. The minimum Gasteiger partial charge on any atom is -0.493 e. The number of carbonyl (C=O) groups excluding carboxylic acids is 2. The summed E-state index contributed by atoms with van der Waals surface area (Å²) in [6.45, 7) is 1.25. The molecule has 4 aliphatic rings. The van der Waals surface area contributed by atoms with Gasteiger partial charge in [-0.05, 0) is 54.7 Å². The second-order valence-corrected chi connectivity index (χ2v) is 11.1. The minimum absolute atomic E-state index is 0.133. The van der Waals surface area contributed by atoms with Gasteiger partial charge in [0.2, 0.25) is 0 Å². The Morgan fingerprint density at radius 1 is 1.12 bits per heavy atom. The quantitative estimate of drug-likeness (QED) is 0.508. The van der Waals surface area contributed by atoms with Crippen molar-refractivity contribution in [3.63, 3.8) is 0 Å². The van der Waals surface area contributed by atoms with Gasteiger partial charge in [-0.25, -0.2) is 19.4 Å². The standard InChI is InChI=1S/C30H29FN6O3/c31-22-6-4-21(5-7-22)30(11-9-18-1-2-18)28(39)37(29(32)35-30)25-10-12-40-26-8-3-19(13-23(25)26)27(38)36-15-20-14-33-17-34-24(20)16-36/h3-8,13-14,17-18,25H,1-2,9-12,15-16H2,(H2,32,35)/t25-,30-/m1/s1. The van der Waals surface area contributed by atoms with Crippen molar-refractivity contribution in [2.24, 2.45) is 16.6 Å². The second-order valence-electron chi connectivity index (χ2n) is 11.1. The third-order valence-corrected chi connectivity index (χ3v) is 8.50. The van der Waals surface area contributed by atoms with Crippen LogP contribution in [0.1, 0.15) is 70.9 Å². The summed E-state index contributed by atoms with van der Waals surface area (Å²) in [6.07, 6.45) is 7.38. The van der Waals surface area contributed by atoms with Gasteiger partial charge >= 0.3 is 0 Å². The SMILES string of the molecule is NC1=N[C@](CCC2CC2)(c2ccc(F)cc2)C(=O)N1[C@@H]1CCOc2ccc(C(=O)N3Cc4cncnc4C3)cc21. The fourth-order valence-electron chi connectivity index (χ4n) is 6.15. The molecule has 2 atom stereocenters. The molecule has 0 bridgehead atoms. The minimum atomic E-state index is -1.20. The van der Waals surface area contributed by atoms with E-state index in [1.54, 1.807) is 46.3 Å². The monoisotopic (exact) mass is 540 g/mol. The Kier molecular flexibility index (Phi) is 5.80. The molecule has 1 aliphatic carbocycles. The molecule has 3 aliphatic heterocycles. The van der Waals surface area contributed by atoms with Gasteiger partial charge in [0.25, 0.3) is 11.8 Å². The summed E-state index contributed by atoms with van der Waals surface area (Å²) in [6, 6.07) is 10.9. The van der Waals surface area contributed by atoms with Gasteiger partial charge in [-0.15, -0.1) is 0 Å². The van der Waals surface area contributed by atoms with Crippen molar-refractivity contribution < 1.29 is 18.7 Å². The normalized spacial score (nSPS) is 23.5. The van der Waals surface area contributed by atoms with Gasteiger partial charge in [-0.3, -0.25) is 14.5 Å². The first kappa shape index (κ1) is 24.7. The van der Waals surface area contributed by atoms with Gasteiger partial charge in [-0.1, -0.05) is 25.0 Å². The van der Waals surface area contributed by atoms with Crippen LogP contribution >= 0.6 is 0 Å². The van der Waals surface area contributed by atoms with Crippen molar-refractivity contribution in [3.8, 4) is 5.75 Å². The van der Waals surface area contributed by atoms with Crippen LogP contribution in [0.3, 0.4) is 0 Å². The summed E-state index contributed by atoms with van der Waals surface area (Å²) in [5.41, 5.74) is 8.95. The van der Waals surface area contributed by atoms with Gasteiger partial charge in [-0.2, -0.15) is 0 Å². The van der Waals surface area contributed by atoms with E-state index in [2.05, 4.69) is 9.97 Å². The lowest BCUT2D eigenvalue weighted by molar-refractivity contribution is -0.134. The van der Waals surface area contributed by atoms with Crippen molar-refractivity contribution in [3.05, 3.63) is 88.8 Å². The highest BCUT2D eigenvalue weighted by molar-refractivity contribution is 6.07. The number of hydrogen-bond donors (Lipinski definition) is 1. The van der Waals surface area contributed by atoms with E-state index in [9.17, 15) is 14.0 Å². The van der Waals surface area contributed by atoms with E-state index in [0.717, 1.165) is 36.1 Å². The molecule has 10 heteroatoms. The highest BCUT2D eigenvalue weighted by Crippen LogP contribution is 2.46. The van der Waals surface area contributed by atoms with Crippen LogP contribution in [0.25, 0.3) is 0 Å². The summed E-state index contributed by atoms with van der Waals surface area (Å²) in [7, 11) is 0. The third kappa shape index (κ3) is 4.09. The highest BCUT2D eigenvalue weighted by atomic mass is 19.1. The van der Waals surface area contributed by atoms with E-state index >= 15 is 0 Å². The molecule has 0 unspecified atom stereocenters. The number of rotatable bonds is 6. The molecule has 9 nitrogen and oxygen atoms in total. The van der Waals surface area contributed by atoms with Crippen LogP contribution in [0.5, 0.6) is 5.75 Å². The highest BCUT2D eigenvalue weighted by Gasteiger charge is 2.52. The first-order valence-corrected chi connectivity index (χ1v) is 13.7. The van der Waals surface area contributed by atoms with Crippen molar-refractivity contribution in [2.75, 3.05) is 6.61 Å². The second kappa shape index (κ2) is 9.39. The van der Waals surface area contributed by atoms with Crippen LogP contribution in [0.4, 0.5) is 4.39 Å². The summed E-state index contributed by atoms with van der Waals surface area (Å²) in [5.74, 6) is 0.597. The smallest absolute Gasteiger partial charge is 0.262 e. The molecule has 1 saturated carbocycles. The van der Waals surface area contributed by atoms with Crippen LogP contribution < -0.4 is 10.5 Å². The average molecular weight is 541 g/mol. The topological polar surface area (TPSA) is 114 Å². The van der Waals surface area contributed by atoms with Gasteiger partial charge in [0.1, 0.15) is 17.9 Å². The first-order chi connectivity index (χ1) is 19.4. The van der Waals surface area contributed by atoms with Gasteiger partial charge in [0.15, 0.2) is 11.5 Å². The summed E-state index contributed by atoms with van der Waals surface area (Å²) >= 11 is 0. The molecule has 204 valence electrons. The molecule has 2 aromatic carbocycles. The molecule has 3 aromatic rings. The first-order valence-electron chi connectivity index (χ1n) is 13.7. The molecule has 40 heavy (non-hydrogen) atoms. The van der Waals surface area contributed by atoms with Crippen LogP contribution in [0.2, 0.25) is 0 Å². The number of fused-ring (bicyclic) bond motifs is 2. The predicted octanol–water partition coefficient (Wildman–Crippen LogP) is 3.84. The summed E-state index contributed by atoms with van der Waals surface area (Å²) < 4.78 is 19.7. The lowest BCUT2D eigenvalue weighted by atomic mass is 9.84. The lowest BCUT2D eigenvalue weighted by Crippen LogP contribution is -2.46. The Labute approximate surface area is 230 Å². The van der Waals surface area contributed by atoms with E-state index in [4.69, 9.17) is 15.5 Å². The Bertz CT molecular complexity index is 1510.